The minimum absolute atomic E-state index is 0.168. The Morgan fingerprint density at radius 3 is 2.80 bits per heavy atom. The fourth-order valence-corrected chi connectivity index (χ4v) is 1.87. The lowest BCUT2D eigenvalue weighted by Crippen LogP contribution is -2.49. The van der Waals surface area contributed by atoms with Crippen LogP contribution in [0, 0.1) is 0 Å². The Morgan fingerprint density at radius 2 is 2.20 bits per heavy atom. The lowest BCUT2D eigenvalue weighted by Gasteiger charge is -2.32. The molecule has 0 bridgehead atoms. The maximum atomic E-state index is 11.3. The molecule has 1 rings (SSSR count). The van der Waals surface area contributed by atoms with Crippen LogP contribution in [0.1, 0.15) is 26.2 Å². The van der Waals surface area contributed by atoms with Gasteiger partial charge in [0.05, 0.1) is 19.2 Å². The van der Waals surface area contributed by atoms with Crippen molar-refractivity contribution < 1.29 is 14.3 Å². The summed E-state index contributed by atoms with van der Waals surface area (Å²) in [4.78, 5) is 24.2. The smallest absolute Gasteiger partial charge is 0.320 e. The molecule has 5 nitrogen and oxygen atoms in total. The third-order valence-electron chi connectivity index (χ3n) is 2.58. The van der Waals surface area contributed by atoms with E-state index >= 15 is 0 Å². The summed E-state index contributed by atoms with van der Waals surface area (Å²) in [6, 6.07) is -0.303. The van der Waals surface area contributed by atoms with Crippen molar-refractivity contribution in [2.24, 2.45) is 5.73 Å². The van der Waals surface area contributed by atoms with E-state index in [1.54, 1.807) is 6.92 Å². The highest BCUT2D eigenvalue weighted by Gasteiger charge is 2.28. The monoisotopic (exact) mass is 214 g/mol. The summed E-state index contributed by atoms with van der Waals surface area (Å²) in [7, 11) is 0. The van der Waals surface area contributed by atoms with Gasteiger partial charge < -0.3 is 10.5 Å². The van der Waals surface area contributed by atoms with Gasteiger partial charge in [-0.2, -0.15) is 0 Å². The molecule has 0 aliphatic carbocycles. The second-order valence-corrected chi connectivity index (χ2v) is 3.69. The van der Waals surface area contributed by atoms with Crippen molar-refractivity contribution in [3.63, 3.8) is 0 Å². The molecule has 1 amide bonds. The summed E-state index contributed by atoms with van der Waals surface area (Å²) in [5.41, 5.74) is 5.27. The average molecular weight is 214 g/mol. The van der Waals surface area contributed by atoms with Crippen LogP contribution in [-0.4, -0.2) is 42.5 Å². The van der Waals surface area contributed by atoms with Gasteiger partial charge in [-0.1, -0.05) is 6.42 Å². The van der Waals surface area contributed by atoms with E-state index in [0.29, 0.717) is 6.61 Å². The van der Waals surface area contributed by atoms with Crippen LogP contribution < -0.4 is 5.73 Å². The summed E-state index contributed by atoms with van der Waals surface area (Å²) < 4.78 is 4.84. The van der Waals surface area contributed by atoms with Gasteiger partial charge in [0.25, 0.3) is 0 Å². The number of piperidine rings is 1. The van der Waals surface area contributed by atoms with Gasteiger partial charge in [-0.3, -0.25) is 14.5 Å². The largest absolute Gasteiger partial charge is 0.465 e. The van der Waals surface area contributed by atoms with E-state index in [4.69, 9.17) is 10.5 Å². The number of ether oxygens (including phenoxy) is 1. The quantitative estimate of drug-likeness (QED) is 0.663. The van der Waals surface area contributed by atoms with Crippen LogP contribution in [0.3, 0.4) is 0 Å². The molecule has 2 N–H and O–H groups in total. The average Bonchev–Trinajstić information content (AvgIpc) is 2.18. The van der Waals surface area contributed by atoms with Gasteiger partial charge in [-0.05, 0) is 26.3 Å². The van der Waals surface area contributed by atoms with Gasteiger partial charge in [0.2, 0.25) is 5.91 Å². The Morgan fingerprint density at radius 1 is 1.47 bits per heavy atom. The molecule has 15 heavy (non-hydrogen) atoms. The minimum Gasteiger partial charge on any atom is -0.465 e. The van der Waals surface area contributed by atoms with Crippen LogP contribution >= 0.6 is 0 Å². The molecule has 0 radical (unpaired) electrons. The standard InChI is InChI=1S/C10H18N2O3/c1-2-15-9(13)7-12-6-4-3-5-8(12)10(11)14/h8H,2-7H2,1H3,(H2,11,14)/t8-/m0/s1. The van der Waals surface area contributed by atoms with Crippen molar-refractivity contribution in [2.45, 2.75) is 32.2 Å². The molecule has 86 valence electrons. The molecule has 1 aliphatic heterocycles. The van der Waals surface area contributed by atoms with E-state index in [1.807, 2.05) is 4.90 Å². The molecular formula is C10H18N2O3. The highest BCUT2D eigenvalue weighted by Crippen LogP contribution is 2.16. The van der Waals surface area contributed by atoms with E-state index in [0.717, 1.165) is 25.8 Å². The van der Waals surface area contributed by atoms with E-state index < -0.39 is 0 Å². The molecule has 5 heteroatoms. The van der Waals surface area contributed by atoms with Crippen molar-refractivity contribution in [1.82, 2.24) is 4.90 Å². The number of nitrogens with zero attached hydrogens (tertiary/aromatic N) is 1. The zero-order chi connectivity index (χ0) is 11.3. The molecule has 1 atom stereocenters. The number of esters is 1. The number of primary amides is 1. The van der Waals surface area contributed by atoms with Crippen molar-refractivity contribution in [3.05, 3.63) is 0 Å². The fourth-order valence-electron chi connectivity index (χ4n) is 1.87. The van der Waals surface area contributed by atoms with E-state index in [2.05, 4.69) is 0 Å². The number of nitrogens with two attached hydrogens (primary N) is 1. The molecule has 1 heterocycles. The SMILES string of the molecule is CCOC(=O)CN1CCCC[C@H]1C(N)=O. The summed E-state index contributed by atoms with van der Waals surface area (Å²) >= 11 is 0. The third kappa shape index (κ3) is 3.51. The number of carbonyl (C=O) groups excluding carboxylic acids is 2. The fraction of sp³-hybridized carbons (Fsp3) is 0.800. The van der Waals surface area contributed by atoms with Gasteiger partial charge in [0.15, 0.2) is 0 Å². The number of hydrogen-bond donors (Lipinski definition) is 1. The summed E-state index contributed by atoms with van der Waals surface area (Å²) in [6.45, 7) is 3.04. The van der Waals surface area contributed by atoms with Gasteiger partial charge >= 0.3 is 5.97 Å². The van der Waals surface area contributed by atoms with E-state index in [1.165, 1.54) is 0 Å². The molecule has 1 aliphatic rings. The van der Waals surface area contributed by atoms with Crippen LogP contribution in [0.5, 0.6) is 0 Å². The van der Waals surface area contributed by atoms with Crippen LogP contribution in [0.4, 0.5) is 0 Å². The lowest BCUT2D eigenvalue weighted by molar-refractivity contribution is -0.146. The Bertz CT molecular complexity index is 243. The van der Waals surface area contributed by atoms with Gasteiger partial charge in [-0.15, -0.1) is 0 Å². The number of rotatable bonds is 4. The zero-order valence-electron chi connectivity index (χ0n) is 9.07. The summed E-state index contributed by atoms with van der Waals surface area (Å²) in [5, 5.41) is 0. The molecule has 1 fully saturated rings. The summed E-state index contributed by atoms with van der Waals surface area (Å²) in [5.74, 6) is -0.635. The summed E-state index contributed by atoms with van der Waals surface area (Å²) in [6.07, 6.45) is 2.74. The van der Waals surface area contributed by atoms with Crippen molar-refractivity contribution >= 4 is 11.9 Å². The van der Waals surface area contributed by atoms with E-state index in [9.17, 15) is 9.59 Å². The van der Waals surface area contributed by atoms with Crippen molar-refractivity contribution in [1.29, 1.82) is 0 Å². The Hall–Kier alpha value is -1.10. The highest BCUT2D eigenvalue weighted by atomic mass is 16.5. The number of hydrogen-bond acceptors (Lipinski definition) is 4. The van der Waals surface area contributed by atoms with Crippen LogP contribution in [-0.2, 0) is 14.3 Å². The van der Waals surface area contributed by atoms with Crippen molar-refractivity contribution in [2.75, 3.05) is 19.7 Å². The number of likely N-dealkylation sites (tertiary alicyclic amines) is 1. The van der Waals surface area contributed by atoms with Crippen LogP contribution in [0.15, 0.2) is 0 Å². The second-order valence-electron chi connectivity index (χ2n) is 3.69. The Kier molecular flexibility index (Phi) is 4.55. The first kappa shape index (κ1) is 12.0. The Labute approximate surface area is 89.6 Å². The third-order valence-corrected chi connectivity index (χ3v) is 2.58. The van der Waals surface area contributed by atoms with Gasteiger partial charge in [-0.25, -0.2) is 0 Å². The number of carbonyl (C=O) groups is 2. The zero-order valence-corrected chi connectivity index (χ0v) is 9.07. The second kappa shape index (κ2) is 5.70. The van der Waals surface area contributed by atoms with Crippen LogP contribution in [0.2, 0.25) is 0 Å². The van der Waals surface area contributed by atoms with Crippen LogP contribution in [0.25, 0.3) is 0 Å². The maximum Gasteiger partial charge on any atom is 0.320 e. The van der Waals surface area contributed by atoms with Gasteiger partial charge in [0, 0.05) is 0 Å². The predicted octanol–water partition coefficient (Wildman–Crippen LogP) is -0.111. The predicted molar refractivity (Wildman–Crippen MR) is 55.0 cm³/mol. The first-order valence-corrected chi connectivity index (χ1v) is 5.34. The molecule has 0 aromatic heterocycles. The minimum atomic E-state index is -0.348. The maximum absolute atomic E-state index is 11.3. The molecule has 0 saturated carbocycles. The molecular weight excluding hydrogens is 196 g/mol. The molecule has 0 spiro atoms. The van der Waals surface area contributed by atoms with Crippen molar-refractivity contribution in [3.8, 4) is 0 Å². The topological polar surface area (TPSA) is 72.6 Å². The normalized spacial score (nSPS) is 22.3. The van der Waals surface area contributed by atoms with Gasteiger partial charge in [0.1, 0.15) is 0 Å². The lowest BCUT2D eigenvalue weighted by atomic mass is 10.0. The molecule has 0 aromatic rings. The van der Waals surface area contributed by atoms with E-state index in [-0.39, 0.29) is 24.5 Å². The molecule has 1 saturated heterocycles. The molecule has 0 aromatic carbocycles. The highest BCUT2D eigenvalue weighted by molar-refractivity contribution is 5.81. The first-order chi connectivity index (χ1) is 7.15. The molecule has 0 unspecified atom stereocenters. The Balaban J connectivity index is 2.49. The number of amides is 1. The first-order valence-electron chi connectivity index (χ1n) is 5.34.